The second-order valence-corrected chi connectivity index (χ2v) is 4.23. The van der Waals surface area contributed by atoms with Gasteiger partial charge in [0, 0.05) is 12.7 Å². The molecular weight excluding hydrogens is 214 g/mol. The molecule has 0 bridgehead atoms. The standard InChI is InChI=1S/C13H17N3O/c14-13(17)11-5-6-12(16-9-11)15-8-7-10-3-1-2-4-10/h3,5-6,9H,1-2,4,7-8H2,(H2,14,17)(H,15,16). The van der Waals surface area contributed by atoms with E-state index in [0.29, 0.717) is 5.56 Å². The van der Waals surface area contributed by atoms with Gasteiger partial charge in [-0.25, -0.2) is 4.98 Å². The quantitative estimate of drug-likeness (QED) is 0.762. The lowest BCUT2D eigenvalue weighted by molar-refractivity contribution is 0.1000. The molecule has 0 radical (unpaired) electrons. The summed E-state index contributed by atoms with van der Waals surface area (Å²) in [7, 11) is 0. The van der Waals surface area contributed by atoms with Crippen LogP contribution in [0.4, 0.5) is 5.82 Å². The molecule has 3 N–H and O–H groups in total. The molecule has 90 valence electrons. The van der Waals surface area contributed by atoms with Gasteiger partial charge in [-0.2, -0.15) is 0 Å². The van der Waals surface area contributed by atoms with Gasteiger partial charge in [-0.05, 0) is 37.8 Å². The molecule has 0 unspecified atom stereocenters. The molecule has 0 atom stereocenters. The minimum Gasteiger partial charge on any atom is -0.370 e. The van der Waals surface area contributed by atoms with Crippen LogP contribution in [0.25, 0.3) is 0 Å². The number of primary amides is 1. The number of pyridine rings is 1. The molecule has 1 aliphatic carbocycles. The van der Waals surface area contributed by atoms with Gasteiger partial charge in [-0.3, -0.25) is 4.79 Å². The van der Waals surface area contributed by atoms with Crippen molar-refractivity contribution in [1.82, 2.24) is 4.98 Å². The van der Waals surface area contributed by atoms with Crippen molar-refractivity contribution in [1.29, 1.82) is 0 Å². The number of aromatic nitrogens is 1. The van der Waals surface area contributed by atoms with Crippen LogP contribution in [0.3, 0.4) is 0 Å². The van der Waals surface area contributed by atoms with Crippen molar-refractivity contribution in [3.8, 4) is 0 Å². The number of rotatable bonds is 5. The third-order valence-corrected chi connectivity index (χ3v) is 2.94. The van der Waals surface area contributed by atoms with Gasteiger partial charge < -0.3 is 11.1 Å². The summed E-state index contributed by atoms with van der Waals surface area (Å²) in [4.78, 5) is 15.0. The monoisotopic (exact) mass is 231 g/mol. The molecular formula is C13H17N3O. The molecule has 0 fully saturated rings. The lowest BCUT2D eigenvalue weighted by Crippen LogP contribution is -2.11. The fourth-order valence-corrected chi connectivity index (χ4v) is 1.96. The molecule has 2 rings (SSSR count). The number of hydrogen-bond donors (Lipinski definition) is 2. The fraction of sp³-hybridized carbons (Fsp3) is 0.385. The van der Waals surface area contributed by atoms with Gasteiger partial charge in [0.15, 0.2) is 0 Å². The lowest BCUT2D eigenvalue weighted by atomic mass is 10.2. The van der Waals surface area contributed by atoms with Gasteiger partial charge in [0.25, 0.3) is 0 Å². The molecule has 0 aliphatic heterocycles. The Morgan fingerprint density at radius 2 is 2.35 bits per heavy atom. The topological polar surface area (TPSA) is 68.0 Å². The number of amides is 1. The summed E-state index contributed by atoms with van der Waals surface area (Å²) in [5, 5.41) is 3.23. The van der Waals surface area contributed by atoms with Crippen molar-refractivity contribution >= 4 is 11.7 Å². The minimum absolute atomic E-state index is 0.439. The summed E-state index contributed by atoms with van der Waals surface area (Å²) in [5.74, 6) is 0.341. The summed E-state index contributed by atoms with van der Waals surface area (Å²) in [6, 6.07) is 3.47. The predicted octanol–water partition coefficient (Wildman–Crippen LogP) is 2.09. The maximum atomic E-state index is 10.9. The summed E-state index contributed by atoms with van der Waals surface area (Å²) < 4.78 is 0. The van der Waals surface area contributed by atoms with Crippen molar-refractivity contribution in [2.24, 2.45) is 5.73 Å². The van der Waals surface area contributed by atoms with Crippen LogP contribution in [-0.2, 0) is 0 Å². The third kappa shape index (κ3) is 3.31. The molecule has 0 spiro atoms. The molecule has 4 heteroatoms. The maximum absolute atomic E-state index is 10.9. The van der Waals surface area contributed by atoms with E-state index in [0.717, 1.165) is 18.8 Å². The molecule has 1 amide bonds. The SMILES string of the molecule is NC(=O)c1ccc(NCCC2=CCCC2)nc1. The van der Waals surface area contributed by atoms with Crippen LogP contribution in [0.2, 0.25) is 0 Å². The first-order valence-corrected chi connectivity index (χ1v) is 5.93. The van der Waals surface area contributed by atoms with Crippen LogP contribution < -0.4 is 11.1 Å². The molecule has 17 heavy (non-hydrogen) atoms. The van der Waals surface area contributed by atoms with E-state index >= 15 is 0 Å². The van der Waals surface area contributed by atoms with E-state index < -0.39 is 5.91 Å². The van der Waals surface area contributed by atoms with E-state index in [1.54, 1.807) is 12.1 Å². The zero-order chi connectivity index (χ0) is 12.1. The summed E-state index contributed by atoms with van der Waals surface area (Å²) in [5.41, 5.74) is 7.11. The molecule has 0 saturated heterocycles. The Kier molecular flexibility index (Phi) is 3.75. The lowest BCUT2D eigenvalue weighted by Gasteiger charge is -2.06. The average Bonchev–Trinajstić information content (AvgIpc) is 2.83. The number of anilines is 1. The smallest absolute Gasteiger partial charge is 0.250 e. The number of nitrogens with one attached hydrogen (secondary N) is 1. The second kappa shape index (κ2) is 5.48. The van der Waals surface area contributed by atoms with Crippen molar-refractivity contribution < 1.29 is 4.79 Å². The van der Waals surface area contributed by atoms with Crippen molar-refractivity contribution in [2.75, 3.05) is 11.9 Å². The van der Waals surface area contributed by atoms with Crippen LogP contribution in [-0.4, -0.2) is 17.4 Å². The minimum atomic E-state index is -0.444. The van der Waals surface area contributed by atoms with Crippen molar-refractivity contribution in [3.63, 3.8) is 0 Å². The van der Waals surface area contributed by atoms with Gasteiger partial charge in [-0.15, -0.1) is 0 Å². The van der Waals surface area contributed by atoms with Gasteiger partial charge in [-0.1, -0.05) is 11.6 Å². The Balaban J connectivity index is 1.80. The molecule has 4 nitrogen and oxygen atoms in total. The molecule has 1 aromatic heterocycles. The highest BCUT2D eigenvalue weighted by atomic mass is 16.1. The number of allylic oxidation sites excluding steroid dienone is 1. The third-order valence-electron chi connectivity index (χ3n) is 2.94. The van der Waals surface area contributed by atoms with E-state index in [-0.39, 0.29) is 0 Å². The van der Waals surface area contributed by atoms with Gasteiger partial charge in [0.1, 0.15) is 5.82 Å². The highest BCUT2D eigenvalue weighted by Gasteiger charge is 2.04. The Hall–Kier alpha value is -1.84. The highest BCUT2D eigenvalue weighted by Crippen LogP contribution is 2.20. The van der Waals surface area contributed by atoms with E-state index in [1.165, 1.54) is 31.0 Å². The second-order valence-electron chi connectivity index (χ2n) is 4.23. The van der Waals surface area contributed by atoms with E-state index in [4.69, 9.17) is 5.73 Å². The van der Waals surface area contributed by atoms with Gasteiger partial charge in [0.05, 0.1) is 5.56 Å². The number of carbonyl (C=O) groups excluding carboxylic acids is 1. The summed E-state index contributed by atoms with van der Waals surface area (Å²) in [6.07, 6.45) is 8.64. The summed E-state index contributed by atoms with van der Waals surface area (Å²) >= 11 is 0. The zero-order valence-electron chi connectivity index (χ0n) is 9.78. The van der Waals surface area contributed by atoms with E-state index in [1.807, 2.05) is 0 Å². The Morgan fingerprint density at radius 3 is 2.94 bits per heavy atom. The largest absolute Gasteiger partial charge is 0.370 e. The van der Waals surface area contributed by atoms with Crippen LogP contribution >= 0.6 is 0 Å². The molecule has 1 heterocycles. The first-order chi connectivity index (χ1) is 8.25. The normalized spacial score (nSPS) is 14.5. The van der Waals surface area contributed by atoms with Gasteiger partial charge in [0.2, 0.25) is 5.91 Å². The Bertz CT molecular complexity index is 423. The van der Waals surface area contributed by atoms with Crippen LogP contribution in [0, 0.1) is 0 Å². The molecule has 1 aliphatic rings. The van der Waals surface area contributed by atoms with E-state index in [9.17, 15) is 4.79 Å². The number of nitrogens with two attached hydrogens (primary N) is 1. The van der Waals surface area contributed by atoms with Crippen molar-refractivity contribution in [3.05, 3.63) is 35.5 Å². The predicted molar refractivity (Wildman–Crippen MR) is 67.8 cm³/mol. The Labute approximate surface area is 101 Å². The first-order valence-electron chi connectivity index (χ1n) is 5.93. The van der Waals surface area contributed by atoms with Crippen LogP contribution in [0.1, 0.15) is 36.0 Å². The zero-order valence-corrected chi connectivity index (χ0v) is 9.78. The first kappa shape index (κ1) is 11.6. The number of carbonyl (C=O) groups is 1. The number of hydrogen-bond acceptors (Lipinski definition) is 3. The van der Waals surface area contributed by atoms with Crippen LogP contribution in [0.15, 0.2) is 30.0 Å². The Morgan fingerprint density at radius 1 is 1.47 bits per heavy atom. The molecule has 0 saturated carbocycles. The highest BCUT2D eigenvalue weighted by molar-refractivity contribution is 5.92. The number of nitrogens with zero attached hydrogens (tertiary/aromatic N) is 1. The van der Waals surface area contributed by atoms with Crippen molar-refractivity contribution in [2.45, 2.75) is 25.7 Å². The average molecular weight is 231 g/mol. The fourth-order valence-electron chi connectivity index (χ4n) is 1.96. The molecule has 1 aromatic rings. The maximum Gasteiger partial charge on any atom is 0.250 e. The molecule has 0 aromatic carbocycles. The van der Waals surface area contributed by atoms with Gasteiger partial charge >= 0.3 is 0 Å². The summed E-state index contributed by atoms with van der Waals surface area (Å²) in [6.45, 7) is 0.884. The van der Waals surface area contributed by atoms with Crippen LogP contribution in [0.5, 0.6) is 0 Å². The van der Waals surface area contributed by atoms with E-state index in [2.05, 4.69) is 16.4 Å².